The maximum Gasteiger partial charge on any atom is 0.231 e. The Hall–Kier alpha value is -2.62. The second-order valence-electron chi connectivity index (χ2n) is 4.99. The third-order valence-electron chi connectivity index (χ3n) is 3.48. The van der Waals surface area contributed by atoms with Crippen LogP contribution in [0.25, 0.3) is 6.08 Å². The van der Waals surface area contributed by atoms with Crippen molar-refractivity contribution < 1.29 is 18.7 Å². The van der Waals surface area contributed by atoms with Crippen molar-refractivity contribution in [2.45, 2.75) is 13.8 Å². The van der Waals surface area contributed by atoms with E-state index in [-0.39, 0.29) is 17.4 Å². The number of benzene rings is 2. The van der Waals surface area contributed by atoms with E-state index in [0.29, 0.717) is 29.2 Å². The number of hydrogen-bond acceptors (Lipinski definition) is 3. The van der Waals surface area contributed by atoms with Crippen molar-refractivity contribution in [1.82, 2.24) is 0 Å². The van der Waals surface area contributed by atoms with Crippen LogP contribution in [-0.2, 0) is 0 Å². The fourth-order valence-corrected chi connectivity index (χ4v) is 2.43. The number of Topliss-reactive ketones (excluding diaryl/α,β-unsaturated/α-hetero) is 1. The molecule has 3 rings (SSSR count). The van der Waals surface area contributed by atoms with E-state index in [1.165, 1.54) is 12.1 Å². The van der Waals surface area contributed by atoms with E-state index in [4.69, 9.17) is 9.47 Å². The van der Waals surface area contributed by atoms with Crippen molar-refractivity contribution in [1.29, 1.82) is 0 Å². The molecule has 0 bridgehead atoms. The van der Waals surface area contributed by atoms with E-state index in [2.05, 4.69) is 0 Å². The summed E-state index contributed by atoms with van der Waals surface area (Å²) in [4.78, 5) is 12.4. The monoisotopic (exact) mass is 298 g/mol. The molecule has 1 aliphatic rings. The zero-order valence-electron chi connectivity index (χ0n) is 12.4. The van der Waals surface area contributed by atoms with Gasteiger partial charge < -0.3 is 9.47 Å². The smallest absolute Gasteiger partial charge is 0.231 e. The Morgan fingerprint density at radius 3 is 2.82 bits per heavy atom. The molecule has 0 aromatic heterocycles. The van der Waals surface area contributed by atoms with Gasteiger partial charge in [0.15, 0.2) is 5.76 Å². The maximum atomic E-state index is 13.2. The van der Waals surface area contributed by atoms with Crippen LogP contribution in [0.3, 0.4) is 0 Å². The fraction of sp³-hybridized carbons (Fsp3) is 0.167. The molecule has 4 heteroatoms. The van der Waals surface area contributed by atoms with Crippen LogP contribution >= 0.6 is 0 Å². The van der Waals surface area contributed by atoms with Crippen molar-refractivity contribution in [3.63, 3.8) is 0 Å². The molecular weight excluding hydrogens is 283 g/mol. The van der Waals surface area contributed by atoms with Gasteiger partial charge in [-0.3, -0.25) is 4.79 Å². The van der Waals surface area contributed by atoms with Crippen LogP contribution in [0, 0.1) is 12.7 Å². The molecule has 112 valence electrons. The largest absolute Gasteiger partial charge is 0.493 e. The quantitative estimate of drug-likeness (QED) is 0.799. The molecule has 22 heavy (non-hydrogen) atoms. The highest BCUT2D eigenvalue weighted by molar-refractivity contribution is 6.14. The van der Waals surface area contributed by atoms with Crippen LogP contribution in [0.2, 0.25) is 0 Å². The minimum atomic E-state index is -0.355. The lowest BCUT2D eigenvalue weighted by Gasteiger charge is -2.09. The van der Waals surface area contributed by atoms with Crippen molar-refractivity contribution in [3.8, 4) is 11.5 Å². The number of carbonyl (C=O) groups excluding carboxylic acids is 1. The lowest BCUT2D eigenvalue weighted by atomic mass is 10.1. The number of carbonyl (C=O) groups is 1. The summed E-state index contributed by atoms with van der Waals surface area (Å²) in [6, 6.07) is 9.48. The summed E-state index contributed by atoms with van der Waals surface area (Å²) < 4.78 is 24.4. The summed E-state index contributed by atoms with van der Waals surface area (Å²) in [6.45, 7) is 4.29. The van der Waals surface area contributed by atoms with Gasteiger partial charge in [-0.2, -0.15) is 0 Å². The fourth-order valence-electron chi connectivity index (χ4n) is 2.43. The molecular formula is C18H15FO3. The van der Waals surface area contributed by atoms with Gasteiger partial charge in [-0.1, -0.05) is 12.1 Å². The number of fused-ring (bicyclic) bond motifs is 1. The first-order chi connectivity index (χ1) is 10.6. The van der Waals surface area contributed by atoms with Gasteiger partial charge in [0.2, 0.25) is 5.78 Å². The van der Waals surface area contributed by atoms with Crippen molar-refractivity contribution in [2.75, 3.05) is 6.61 Å². The van der Waals surface area contributed by atoms with Gasteiger partial charge in [0.1, 0.15) is 17.3 Å². The molecule has 0 spiro atoms. The minimum Gasteiger partial charge on any atom is -0.493 e. The molecule has 0 radical (unpaired) electrons. The second-order valence-corrected chi connectivity index (χ2v) is 4.99. The molecule has 0 N–H and O–H groups in total. The molecule has 0 saturated carbocycles. The van der Waals surface area contributed by atoms with Crippen LogP contribution in [0.15, 0.2) is 42.2 Å². The third-order valence-corrected chi connectivity index (χ3v) is 3.48. The highest BCUT2D eigenvalue weighted by atomic mass is 19.1. The van der Waals surface area contributed by atoms with E-state index < -0.39 is 0 Å². The van der Waals surface area contributed by atoms with E-state index in [9.17, 15) is 9.18 Å². The SMILES string of the molecule is CCOc1ccc2c(c1C)O/C(=C\c1cccc(F)c1)C2=O. The molecule has 3 nitrogen and oxygen atoms in total. The van der Waals surface area contributed by atoms with E-state index in [1.54, 1.807) is 30.3 Å². The molecule has 2 aromatic rings. The number of hydrogen-bond donors (Lipinski definition) is 0. The molecule has 0 aliphatic carbocycles. The standard InChI is InChI=1S/C18H15FO3/c1-3-21-15-8-7-14-17(20)16(22-18(14)11(15)2)10-12-5-4-6-13(19)9-12/h4-10H,3H2,1-2H3/b16-10-. The molecule has 0 atom stereocenters. The van der Waals surface area contributed by atoms with Gasteiger partial charge in [0, 0.05) is 5.56 Å². The number of ketones is 1. The highest BCUT2D eigenvalue weighted by Crippen LogP contribution is 2.39. The van der Waals surface area contributed by atoms with Crippen LogP contribution in [0.4, 0.5) is 4.39 Å². The van der Waals surface area contributed by atoms with Crippen LogP contribution in [0.1, 0.15) is 28.4 Å². The van der Waals surface area contributed by atoms with Gasteiger partial charge in [0.05, 0.1) is 12.2 Å². The van der Waals surface area contributed by atoms with Crippen LogP contribution < -0.4 is 9.47 Å². The minimum absolute atomic E-state index is 0.192. The average molecular weight is 298 g/mol. The maximum absolute atomic E-state index is 13.2. The number of allylic oxidation sites excluding steroid dienone is 1. The van der Waals surface area contributed by atoms with Gasteiger partial charge in [-0.25, -0.2) is 4.39 Å². The molecule has 1 heterocycles. The predicted octanol–water partition coefficient (Wildman–Crippen LogP) is 4.15. The van der Waals surface area contributed by atoms with Gasteiger partial charge in [0.25, 0.3) is 0 Å². The zero-order valence-corrected chi connectivity index (χ0v) is 12.4. The average Bonchev–Trinajstić information content (AvgIpc) is 2.80. The first-order valence-electron chi connectivity index (χ1n) is 7.06. The van der Waals surface area contributed by atoms with Gasteiger partial charge >= 0.3 is 0 Å². The van der Waals surface area contributed by atoms with Crippen LogP contribution in [-0.4, -0.2) is 12.4 Å². The zero-order chi connectivity index (χ0) is 15.7. The summed E-state index contributed by atoms with van der Waals surface area (Å²) in [5, 5.41) is 0. The Labute approximate surface area is 128 Å². The highest BCUT2D eigenvalue weighted by Gasteiger charge is 2.30. The van der Waals surface area contributed by atoms with E-state index >= 15 is 0 Å². The Balaban J connectivity index is 1.99. The Bertz CT molecular complexity index is 778. The number of halogens is 1. The molecule has 0 amide bonds. The molecule has 0 unspecified atom stereocenters. The second kappa shape index (κ2) is 5.64. The molecule has 2 aromatic carbocycles. The van der Waals surface area contributed by atoms with Gasteiger partial charge in [-0.15, -0.1) is 0 Å². The number of rotatable bonds is 3. The topological polar surface area (TPSA) is 35.5 Å². The van der Waals surface area contributed by atoms with Crippen LogP contribution in [0.5, 0.6) is 11.5 Å². The Kier molecular flexibility index (Phi) is 3.67. The van der Waals surface area contributed by atoms with Gasteiger partial charge in [-0.05, 0) is 49.8 Å². The number of ether oxygens (including phenoxy) is 2. The van der Waals surface area contributed by atoms with E-state index in [1.807, 2.05) is 13.8 Å². The molecule has 0 saturated heterocycles. The normalized spacial score (nSPS) is 14.9. The van der Waals surface area contributed by atoms with E-state index in [0.717, 1.165) is 5.56 Å². The summed E-state index contributed by atoms with van der Waals surface area (Å²) in [5.74, 6) is 0.842. The summed E-state index contributed by atoms with van der Waals surface area (Å²) in [6.07, 6.45) is 1.55. The summed E-state index contributed by atoms with van der Waals surface area (Å²) in [7, 11) is 0. The Morgan fingerprint density at radius 1 is 1.27 bits per heavy atom. The Morgan fingerprint density at radius 2 is 2.09 bits per heavy atom. The predicted molar refractivity (Wildman–Crippen MR) is 81.7 cm³/mol. The third kappa shape index (κ3) is 2.48. The lowest BCUT2D eigenvalue weighted by molar-refractivity contribution is 0.101. The lowest BCUT2D eigenvalue weighted by Crippen LogP contribution is -1.98. The first-order valence-corrected chi connectivity index (χ1v) is 7.06. The summed E-state index contributed by atoms with van der Waals surface area (Å²) >= 11 is 0. The van der Waals surface area contributed by atoms with Crippen molar-refractivity contribution in [2.24, 2.45) is 0 Å². The first kappa shape index (κ1) is 14.3. The molecule has 0 fully saturated rings. The van der Waals surface area contributed by atoms with Crippen molar-refractivity contribution in [3.05, 3.63) is 64.7 Å². The summed E-state index contributed by atoms with van der Waals surface area (Å²) in [5.41, 5.74) is 1.87. The molecule has 1 aliphatic heterocycles. The van der Waals surface area contributed by atoms with Crippen molar-refractivity contribution >= 4 is 11.9 Å².